The van der Waals surface area contributed by atoms with Crippen LogP contribution in [0.1, 0.15) is 84.5 Å². The van der Waals surface area contributed by atoms with Crippen molar-refractivity contribution < 1.29 is 41.8 Å². The summed E-state index contributed by atoms with van der Waals surface area (Å²) in [5.74, 6) is -1.57. The summed E-state index contributed by atoms with van der Waals surface area (Å²) in [7, 11) is -2.83. The number of nitrogens with zero attached hydrogens (tertiary/aromatic N) is 4. The van der Waals surface area contributed by atoms with Crippen molar-refractivity contribution in [1.29, 1.82) is 0 Å². The Labute approximate surface area is 376 Å². The van der Waals surface area contributed by atoms with Crippen LogP contribution in [0.2, 0.25) is 0 Å². The molecule has 5 atom stereocenters. The number of thiazole rings is 1. The Bertz CT molecular complexity index is 2510. The number of allylic oxidation sites excluding steroid dienone is 1. The van der Waals surface area contributed by atoms with Gasteiger partial charge in [0, 0.05) is 47.5 Å². The number of rotatable bonds is 11. The van der Waals surface area contributed by atoms with Crippen molar-refractivity contribution in [3.63, 3.8) is 0 Å². The number of hydrogen-bond acceptors (Lipinski definition) is 14. The van der Waals surface area contributed by atoms with E-state index >= 15 is 0 Å². The van der Waals surface area contributed by atoms with Gasteiger partial charge in [-0.15, -0.1) is 11.3 Å². The molecular weight excluding hydrogens is 861 g/mol. The number of pyridine rings is 2. The van der Waals surface area contributed by atoms with E-state index in [2.05, 4.69) is 25.7 Å². The molecule has 0 bridgehead atoms. The van der Waals surface area contributed by atoms with Crippen LogP contribution in [0.5, 0.6) is 11.5 Å². The third kappa shape index (κ3) is 10.1. The second-order valence-electron chi connectivity index (χ2n) is 17.2. The number of methoxy groups -OCH3 is 1. The lowest BCUT2D eigenvalue weighted by molar-refractivity contribution is -0.141. The minimum absolute atomic E-state index is 0.00964. The van der Waals surface area contributed by atoms with E-state index < -0.39 is 63.5 Å². The monoisotopic (exact) mass is 914 g/mol. The van der Waals surface area contributed by atoms with E-state index in [1.807, 2.05) is 37.4 Å². The molecule has 0 radical (unpaired) electrons. The second-order valence-corrected chi connectivity index (χ2v) is 19.6. The molecule has 2 aliphatic heterocycles. The van der Waals surface area contributed by atoms with Crippen LogP contribution in [0.3, 0.4) is 0 Å². The molecule has 3 aromatic heterocycles. The van der Waals surface area contributed by atoms with Crippen molar-refractivity contribution in [3.05, 3.63) is 66.2 Å². The molecule has 2 aliphatic carbocycles. The number of ether oxygens (including phenoxy) is 3. The first kappa shape index (κ1) is 44.8. The predicted octanol–water partition coefficient (Wildman–Crippen LogP) is 5.87. The average Bonchev–Trinajstić information content (AvgIpc) is 3.70. The first-order chi connectivity index (χ1) is 30.8. The van der Waals surface area contributed by atoms with Gasteiger partial charge in [0.25, 0.3) is 15.9 Å². The molecule has 1 aromatic carbocycles. The zero-order valence-corrected chi connectivity index (χ0v) is 37.7. The maximum absolute atomic E-state index is 14.8. The van der Waals surface area contributed by atoms with Gasteiger partial charge in [0.15, 0.2) is 10.2 Å². The Morgan fingerprint density at radius 3 is 2.56 bits per heavy atom. The van der Waals surface area contributed by atoms with Crippen molar-refractivity contribution in [2.45, 2.75) is 125 Å². The van der Waals surface area contributed by atoms with Gasteiger partial charge in [-0.1, -0.05) is 31.1 Å². The van der Waals surface area contributed by atoms with Gasteiger partial charge in [0.05, 0.1) is 24.9 Å². The molecule has 0 unspecified atom stereocenters. The van der Waals surface area contributed by atoms with Crippen molar-refractivity contribution >= 4 is 61.2 Å². The first-order valence-corrected chi connectivity index (χ1v) is 24.3. The summed E-state index contributed by atoms with van der Waals surface area (Å²) in [6.45, 7) is 4.01. The van der Waals surface area contributed by atoms with E-state index in [0.717, 1.165) is 43.7 Å². The van der Waals surface area contributed by atoms with Gasteiger partial charge in [-0.25, -0.2) is 24.5 Å². The summed E-state index contributed by atoms with van der Waals surface area (Å²) < 4.78 is 46.8. The van der Waals surface area contributed by atoms with Gasteiger partial charge in [-0.05, 0) is 89.5 Å². The van der Waals surface area contributed by atoms with Crippen LogP contribution in [-0.2, 0) is 29.1 Å². The fraction of sp³-hybridized carbons (Fsp3) is 0.489. The van der Waals surface area contributed by atoms with E-state index in [9.17, 15) is 27.6 Å². The molecule has 0 spiro atoms. The Morgan fingerprint density at radius 1 is 0.984 bits per heavy atom. The summed E-state index contributed by atoms with van der Waals surface area (Å²) >= 11 is 1.45. The van der Waals surface area contributed by atoms with Crippen LogP contribution < -0.4 is 30.1 Å². The van der Waals surface area contributed by atoms with Gasteiger partial charge in [-0.3, -0.25) is 14.4 Å². The zero-order chi connectivity index (χ0) is 45.0. The number of hydrogen-bond donors (Lipinski definition) is 4. The molecule has 3 fully saturated rings. The van der Waals surface area contributed by atoms with Gasteiger partial charge in [0.2, 0.25) is 11.8 Å². The maximum Gasteiger partial charge on any atom is 0.408 e. The highest BCUT2D eigenvalue weighted by Crippen LogP contribution is 2.46. The van der Waals surface area contributed by atoms with Crippen LogP contribution >= 0.6 is 11.3 Å². The minimum atomic E-state index is -4.39. The van der Waals surface area contributed by atoms with E-state index in [1.165, 1.54) is 34.6 Å². The summed E-state index contributed by atoms with van der Waals surface area (Å²) in [5, 5.41) is 12.0. The first-order valence-electron chi connectivity index (χ1n) is 21.9. The molecule has 64 heavy (non-hydrogen) atoms. The van der Waals surface area contributed by atoms with E-state index in [1.54, 1.807) is 31.4 Å². The largest absolute Gasteiger partial charge is 0.497 e. The van der Waals surface area contributed by atoms with Crippen LogP contribution in [0.25, 0.3) is 22.3 Å². The normalized spacial score (nSPS) is 24.7. The lowest BCUT2D eigenvalue weighted by Crippen LogP contribution is -2.58. The number of alkyl carbamates (subject to hydrolysis) is 1. The third-order valence-corrected chi connectivity index (χ3v) is 14.1. The number of carbonyl (C=O) groups is 4. The number of fused-ring (bicyclic) bond motifs is 3. The van der Waals surface area contributed by atoms with Crippen LogP contribution in [-0.4, -0.2) is 102 Å². The standard InChI is InChI=1S/C45H54N8O9S2/c1-27(2)47-43-49-36(26-63-43)35-23-38(32-19-18-30(60-3)21-34(32)48-35)61-31-22-37-40(54)51-45(42(56)52-64(58,59)39-17-11-12-20-46-39)24-28(45)13-7-5-4-6-8-16-33(41(55)53(37)25-31)50-44(57)62-29-14-9-10-15-29/h7,11-13,17-21,23,26-29,31,33,37H,4-6,8-10,14-16,22,24-25H2,1-3H3,(H,47,49)(H,50,57)(H,51,54)(H,52,56)/b13-7-/t28-,31-,33+,37+,45-/m1/s1. The topological polar surface area (TPSA) is 220 Å². The van der Waals surface area contributed by atoms with Gasteiger partial charge in [-0.2, -0.15) is 8.42 Å². The zero-order valence-electron chi connectivity index (χ0n) is 36.1. The highest BCUT2D eigenvalue weighted by atomic mass is 32.2. The number of sulfonamides is 1. The number of aromatic nitrogens is 3. The SMILES string of the molecule is COc1ccc2c(O[C@@H]3C[C@H]4C(=O)N[C@]5(C(=O)NS(=O)(=O)c6ccccn6)C[C@H]5/C=C\CCCCC[C@H](NC(=O)OC5CCCC5)C(=O)N4C3)cc(-c3csc(NC(C)C)n3)nc2c1. The Morgan fingerprint density at radius 2 is 1.80 bits per heavy atom. The molecule has 4 amide bonds. The molecule has 19 heteroatoms. The smallest absolute Gasteiger partial charge is 0.408 e. The van der Waals surface area contributed by atoms with Crippen LogP contribution in [0.15, 0.2) is 71.2 Å². The predicted molar refractivity (Wildman–Crippen MR) is 239 cm³/mol. The summed E-state index contributed by atoms with van der Waals surface area (Å²) in [4.78, 5) is 72.0. The number of nitrogens with one attached hydrogen (secondary N) is 4. The molecule has 2 saturated carbocycles. The highest BCUT2D eigenvalue weighted by Gasteiger charge is 2.62. The Hall–Kier alpha value is -5.82. The van der Waals surface area contributed by atoms with Gasteiger partial charge < -0.3 is 35.1 Å². The summed E-state index contributed by atoms with van der Waals surface area (Å²) in [6, 6.07) is 9.50. The Kier molecular flexibility index (Phi) is 13.4. The fourth-order valence-electron chi connectivity index (χ4n) is 8.69. The van der Waals surface area contributed by atoms with Gasteiger partial charge >= 0.3 is 6.09 Å². The van der Waals surface area contributed by atoms with E-state index in [4.69, 9.17) is 24.2 Å². The molecule has 4 aromatic rings. The number of carbonyl (C=O) groups excluding carboxylic acids is 4. The lowest BCUT2D eigenvalue weighted by Gasteiger charge is -2.30. The van der Waals surface area contributed by atoms with E-state index in [0.29, 0.717) is 53.1 Å². The quantitative estimate of drug-likeness (QED) is 0.130. The third-order valence-electron chi connectivity index (χ3n) is 12.1. The molecule has 17 nitrogen and oxygen atoms in total. The van der Waals surface area contributed by atoms with Crippen LogP contribution in [0, 0.1) is 5.92 Å². The van der Waals surface area contributed by atoms with Crippen molar-refractivity contribution in [1.82, 2.24) is 35.2 Å². The van der Waals surface area contributed by atoms with Crippen molar-refractivity contribution in [3.8, 4) is 22.9 Å². The molecule has 340 valence electrons. The van der Waals surface area contributed by atoms with Crippen LogP contribution in [0.4, 0.5) is 9.93 Å². The molecule has 8 rings (SSSR count). The second kappa shape index (κ2) is 19.1. The summed E-state index contributed by atoms with van der Waals surface area (Å²) in [6.07, 6.45) is 10.1. The average molecular weight is 915 g/mol. The van der Waals surface area contributed by atoms with E-state index in [-0.39, 0.29) is 36.6 Å². The lowest BCUT2D eigenvalue weighted by atomic mass is 10.0. The molecule has 4 N–H and O–H groups in total. The molecule has 1 saturated heterocycles. The molecule has 4 aliphatic rings. The number of anilines is 1. The minimum Gasteiger partial charge on any atom is -0.497 e. The van der Waals surface area contributed by atoms with Crippen molar-refractivity contribution in [2.24, 2.45) is 5.92 Å². The number of benzene rings is 1. The number of amides is 4. The maximum atomic E-state index is 14.8. The Balaban J connectivity index is 1.12. The van der Waals surface area contributed by atoms with Crippen molar-refractivity contribution in [2.75, 3.05) is 19.0 Å². The van der Waals surface area contributed by atoms with Gasteiger partial charge in [0.1, 0.15) is 47.0 Å². The molecule has 5 heterocycles. The highest BCUT2D eigenvalue weighted by molar-refractivity contribution is 7.90. The molecular formula is C45H54N8O9S2. The summed E-state index contributed by atoms with van der Waals surface area (Å²) in [5.41, 5.74) is 0.109. The fourth-order valence-corrected chi connectivity index (χ4v) is 10.5.